The lowest BCUT2D eigenvalue weighted by Gasteiger charge is -2.33. The molecular formula is C12H15N3O3. The summed E-state index contributed by atoms with van der Waals surface area (Å²) >= 11 is 0. The summed E-state index contributed by atoms with van der Waals surface area (Å²) in [6.07, 6.45) is 6.75. The van der Waals surface area contributed by atoms with Crippen molar-refractivity contribution in [2.45, 2.75) is 25.3 Å². The Bertz CT molecular complexity index is 435. The van der Waals surface area contributed by atoms with E-state index in [-0.39, 0.29) is 11.9 Å². The number of rotatable bonds is 2. The largest absolute Gasteiger partial charge is 0.467 e. The van der Waals surface area contributed by atoms with Gasteiger partial charge in [-0.2, -0.15) is 0 Å². The lowest BCUT2D eigenvalue weighted by Crippen LogP contribution is -2.48. The van der Waals surface area contributed by atoms with Crippen molar-refractivity contribution in [1.29, 1.82) is 0 Å². The molecule has 0 bridgehead atoms. The maximum Gasteiger partial charge on any atom is 0.328 e. The molecule has 1 unspecified atom stereocenters. The van der Waals surface area contributed by atoms with Crippen molar-refractivity contribution < 1.29 is 14.3 Å². The Labute approximate surface area is 105 Å². The zero-order chi connectivity index (χ0) is 13.0. The van der Waals surface area contributed by atoms with E-state index in [2.05, 4.69) is 9.97 Å². The zero-order valence-corrected chi connectivity index (χ0v) is 10.2. The standard InChI is InChI=1S/C12H15N3O3/c1-18-12(17)10-4-2-3-5-15(10)11(16)9-6-13-8-14-7-9/h6-8,10H,2-5H2,1H3. The van der Waals surface area contributed by atoms with Gasteiger partial charge in [0.05, 0.1) is 12.7 Å². The number of carbonyl (C=O) groups is 2. The van der Waals surface area contributed by atoms with Crippen LogP contribution in [0, 0.1) is 0 Å². The second-order valence-corrected chi connectivity index (χ2v) is 4.16. The summed E-state index contributed by atoms with van der Waals surface area (Å²) in [6, 6.07) is -0.489. The summed E-state index contributed by atoms with van der Waals surface area (Å²) < 4.78 is 4.74. The summed E-state index contributed by atoms with van der Waals surface area (Å²) in [5, 5.41) is 0. The molecule has 0 N–H and O–H groups in total. The van der Waals surface area contributed by atoms with Gasteiger partial charge in [-0.1, -0.05) is 0 Å². The molecule has 18 heavy (non-hydrogen) atoms. The number of piperidine rings is 1. The lowest BCUT2D eigenvalue weighted by atomic mass is 10.0. The van der Waals surface area contributed by atoms with Gasteiger partial charge in [0.2, 0.25) is 0 Å². The van der Waals surface area contributed by atoms with Crippen LogP contribution in [0.2, 0.25) is 0 Å². The zero-order valence-electron chi connectivity index (χ0n) is 10.2. The molecule has 1 aromatic heterocycles. The third-order valence-corrected chi connectivity index (χ3v) is 3.04. The van der Waals surface area contributed by atoms with Crippen LogP contribution in [0.3, 0.4) is 0 Å². The van der Waals surface area contributed by atoms with Gasteiger partial charge in [0, 0.05) is 18.9 Å². The highest BCUT2D eigenvalue weighted by Gasteiger charge is 2.33. The van der Waals surface area contributed by atoms with Gasteiger partial charge in [-0.05, 0) is 19.3 Å². The summed E-state index contributed by atoms with van der Waals surface area (Å²) in [4.78, 5) is 33.1. The highest BCUT2D eigenvalue weighted by Crippen LogP contribution is 2.20. The summed E-state index contributed by atoms with van der Waals surface area (Å²) in [7, 11) is 1.34. The molecule has 1 atom stereocenters. The van der Waals surface area contributed by atoms with Crippen molar-refractivity contribution in [3.63, 3.8) is 0 Å². The SMILES string of the molecule is COC(=O)C1CCCCN1C(=O)c1cncnc1. The van der Waals surface area contributed by atoms with Crippen LogP contribution < -0.4 is 0 Å². The molecule has 96 valence electrons. The van der Waals surface area contributed by atoms with Crippen LogP contribution in [0.25, 0.3) is 0 Å². The van der Waals surface area contributed by atoms with E-state index in [4.69, 9.17) is 4.74 Å². The van der Waals surface area contributed by atoms with E-state index in [9.17, 15) is 9.59 Å². The van der Waals surface area contributed by atoms with Gasteiger partial charge in [0.15, 0.2) is 0 Å². The van der Waals surface area contributed by atoms with Crippen LogP contribution >= 0.6 is 0 Å². The molecular weight excluding hydrogens is 234 g/mol. The Morgan fingerprint density at radius 1 is 1.33 bits per heavy atom. The molecule has 0 saturated carbocycles. The summed E-state index contributed by atoms with van der Waals surface area (Å²) in [5.74, 6) is -0.578. The van der Waals surface area contributed by atoms with Crippen LogP contribution in [0.1, 0.15) is 29.6 Å². The second-order valence-electron chi connectivity index (χ2n) is 4.16. The van der Waals surface area contributed by atoms with E-state index >= 15 is 0 Å². The summed E-state index contributed by atoms with van der Waals surface area (Å²) in [6.45, 7) is 0.563. The van der Waals surface area contributed by atoms with E-state index in [1.54, 1.807) is 4.90 Å². The first-order valence-electron chi connectivity index (χ1n) is 5.88. The van der Waals surface area contributed by atoms with Crippen molar-refractivity contribution in [3.05, 3.63) is 24.3 Å². The average molecular weight is 249 g/mol. The molecule has 6 nitrogen and oxygen atoms in total. The number of carbonyl (C=O) groups excluding carboxylic acids is 2. The van der Waals surface area contributed by atoms with E-state index in [1.165, 1.54) is 25.8 Å². The average Bonchev–Trinajstić information content (AvgIpc) is 2.46. The van der Waals surface area contributed by atoms with Gasteiger partial charge in [-0.15, -0.1) is 0 Å². The molecule has 1 aromatic rings. The highest BCUT2D eigenvalue weighted by molar-refractivity contribution is 5.96. The molecule has 1 aliphatic heterocycles. The van der Waals surface area contributed by atoms with Crippen LogP contribution in [0.5, 0.6) is 0 Å². The van der Waals surface area contributed by atoms with Gasteiger partial charge in [0.25, 0.3) is 5.91 Å². The predicted molar refractivity (Wildman–Crippen MR) is 62.7 cm³/mol. The maximum absolute atomic E-state index is 12.3. The number of aromatic nitrogens is 2. The second kappa shape index (κ2) is 5.57. The van der Waals surface area contributed by atoms with Gasteiger partial charge in [-0.3, -0.25) is 4.79 Å². The van der Waals surface area contributed by atoms with Crippen molar-refractivity contribution >= 4 is 11.9 Å². The number of amides is 1. The monoisotopic (exact) mass is 249 g/mol. The topological polar surface area (TPSA) is 72.4 Å². The Morgan fingerprint density at radius 2 is 2.06 bits per heavy atom. The van der Waals surface area contributed by atoms with E-state index in [0.29, 0.717) is 18.5 Å². The summed E-state index contributed by atoms with van der Waals surface area (Å²) in [5.41, 5.74) is 0.397. The minimum atomic E-state index is -0.489. The molecule has 2 heterocycles. The maximum atomic E-state index is 12.3. The number of hydrogen-bond acceptors (Lipinski definition) is 5. The smallest absolute Gasteiger partial charge is 0.328 e. The fourth-order valence-corrected chi connectivity index (χ4v) is 2.13. The first-order chi connectivity index (χ1) is 8.74. The number of nitrogens with zero attached hydrogens (tertiary/aromatic N) is 3. The van der Waals surface area contributed by atoms with Crippen LogP contribution in [-0.2, 0) is 9.53 Å². The molecule has 6 heteroatoms. The van der Waals surface area contributed by atoms with Crippen molar-refractivity contribution in [2.24, 2.45) is 0 Å². The quantitative estimate of drug-likeness (QED) is 0.719. The van der Waals surface area contributed by atoms with Gasteiger partial charge >= 0.3 is 5.97 Å². The first-order valence-corrected chi connectivity index (χ1v) is 5.88. The third-order valence-electron chi connectivity index (χ3n) is 3.04. The number of ether oxygens (including phenoxy) is 1. The lowest BCUT2D eigenvalue weighted by molar-refractivity contribution is -0.147. The first kappa shape index (κ1) is 12.5. The third kappa shape index (κ3) is 2.47. The van der Waals surface area contributed by atoms with Gasteiger partial charge < -0.3 is 9.64 Å². The number of methoxy groups -OCH3 is 1. The fourth-order valence-electron chi connectivity index (χ4n) is 2.13. The molecule has 1 saturated heterocycles. The van der Waals surface area contributed by atoms with E-state index in [0.717, 1.165) is 12.8 Å². The van der Waals surface area contributed by atoms with Crippen LogP contribution in [0.4, 0.5) is 0 Å². The Morgan fingerprint density at radius 3 is 2.72 bits per heavy atom. The number of hydrogen-bond donors (Lipinski definition) is 0. The van der Waals surface area contributed by atoms with E-state index < -0.39 is 6.04 Å². The molecule has 2 rings (SSSR count). The minimum Gasteiger partial charge on any atom is -0.467 e. The highest BCUT2D eigenvalue weighted by atomic mass is 16.5. The van der Waals surface area contributed by atoms with Crippen molar-refractivity contribution in [1.82, 2.24) is 14.9 Å². The fraction of sp³-hybridized carbons (Fsp3) is 0.500. The van der Waals surface area contributed by atoms with E-state index in [1.807, 2.05) is 0 Å². The number of likely N-dealkylation sites (tertiary alicyclic amines) is 1. The van der Waals surface area contributed by atoms with Crippen LogP contribution in [-0.4, -0.2) is 46.4 Å². The van der Waals surface area contributed by atoms with Gasteiger partial charge in [-0.25, -0.2) is 14.8 Å². The normalized spacial score (nSPS) is 19.4. The molecule has 0 aromatic carbocycles. The number of esters is 1. The predicted octanol–water partition coefficient (Wildman–Crippen LogP) is 0.644. The molecule has 1 fully saturated rings. The molecule has 0 aliphatic carbocycles. The minimum absolute atomic E-state index is 0.217. The van der Waals surface area contributed by atoms with Crippen molar-refractivity contribution in [2.75, 3.05) is 13.7 Å². The Kier molecular flexibility index (Phi) is 3.86. The molecule has 1 amide bonds. The molecule has 0 radical (unpaired) electrons. The van der Waals surface area contributed by atoms with Crippen molar-refractivity contribution in [3.8, 4) is 0 Å². The molecule has 0 spiro atoms. The Hall–Kier alpha value is -1.98. The van der Waals surface area contributed by atoms with Gasteiger partial charge in [0.1, 0.15) is 12.4 Å². The molecule has 1 aliphatic rings. The Balaban J connectivity index is 2.19. The van der Waals surface area contributed by atoms with Crippen LogP contribution in [0.15, 0.2) is 18.7 Å².